The van der Waals surface area contributed by atoms with Gasteiger partial charge in [-0.15, -0.1) is 0 Å². The predicted octanol–water partition coefficient (Wildman–Crippen LogP) is 11.5. The van der Waals surface area contributed by atoms with Crippen LogP contribution < -0.4 is 40.2 Å². The number of nitrogens with one attached hydrogen (secondary N) is 4. The van der Waals surface area contributed by atoms with Gasteiger partial charge < -0.3 is 50.0 Å². The van der Waals surface area contributed by atoms with Crippen LogP contribution >= 0.6 is 0 Å². The first-order valence-electron chi connectivity index (χ1n) is 29.7. The number of carbonyl (C=O) groups excluding carboxylic acids is 2. The van der Waals surface area contributed by atoms with Crippen LogP contribution in [0.4, 0.5) is 0 Å². The van der Waals surface area contributed by atoms with E-state index in [1.54, 1.807) is 0 Å². The number of benzene rings is 10. The van der Waals surface area contributed by atoms with Crippen molar-refractivity contribution in [1.29, 1.82) is 0 Å². The van der Waals surface area contributed by atoms with E-state index in [1.165, 1.54) is 0 Å². The first kappa shape index (κ1) is 54.5. The fraction of sp³-hybridized carbons (Fsp3) is 0.250. The summed E-state index contributed by atoms with van der Waals surface area (Å²) in [5.41, 5.74) is 3.08. The van der Waals surface area contributed by atoms with Gasteiger partial charge in [-0.3, -0.25) is 9.59 Å². The first-order chi connectivity index (χ1) is 41.5. The van der Waals surface area contributed by atoms with Crippen LogP contribution in [0.3, 0.4) is 0 Å². The summed E-state index contributed by atoms with van der Waals surface area (Å²) in [6.45, 7) is 10.2. The van der Waals surface area contributed by atoms with E-state index < -0.39 is 11.2 Å². The third kappa shape index (κ3) is 10.9. The predicted molar refractivity (Wildman–Crippen MR) is 335 cm³/mol. The third-order valence-corrected chi connectivity index (χ3v) is 17.1. The van der Waals surface area contributed by atoms with Gasteiger partial charge in [0.05, 0.1) is 0 Å². The topological polar surface area (TPSA) is 126 Å². The molecule has 10 aromatic carbocycles. The highest BCUT2D eigenvalue weighted by Crippen LogP contribution is 2.53. The average molecular weight is 1120 g/mol. The van der Waals surface area contributed by atoms with Gasteiger partial charge in [0.15, 0.2) is 34.2 Å². The molecule has 0 bridgehead atoms. The van der Waals surface area contributed by atoms with Crippen LogP contribution in [0.5, 0.6) is 23.0 Å². The minimum absolute atomic E-state index is 0.104. The molecule has 2 unspecified atom stereocenters. The van der Waals surface area contributed by atoms with E-state index in [0.717, 1.165) is 167 Å². The summed E-state index contributed by atoms with van der Waals surface area (Å²) in [7, 11) is 0. The number of hydrogen-bond donors (Lipinski definition) is 4. The van der Waals surface area contributed by atoms with Crippen molar-refractivity contribution < 1.29 is 28.5 Å². The molecule has 2 amide bonds. The molecule has 3 heterocycles. The van der Waals surface area contributed by atoms with Gasteiger partial charge in [0.25, 0.3) is 11.8 Å². The maximum absolute atomic E-state index is 13.7. The van der Waals surface area contributed by atoms with Crippen molar-refractivity contribution in [2.24, 2.45) is 0 Å². The van der Waals surface area contributed by atoms with E-state index in [1.807, 2.05) is 109 Å². The SMILES string of the molecule is O=C(NCCN1CCCNCCN(CCNC(=O)c2ccc(C3(c4ccccc4)COc4c(c5ccccc5c5ccccc45)O3)cc2)CCCNCC1)c1ccc(C2(c3ccccc3)COc3c(c4ccccc4c4ccccc34)O2)cc1. The largest absolute Gasteiger partial charge is 0.484 e. The Kier molecular flexibility index (Phi) is 15.9. The van der Waals surface area contributed by atoms with Gasteiger partial charge >= 0.3 is 0 Å². The van der Waals surface area contributed by atoms with Crippen molar-refractivity contribution in [1.82, 2.24) is 31.1 Å². The molecule has 10 aromatic rings. The lowest BCUT2D eigenvalue weighted by Gasteiger charge is -2.40. The normalized spacial score (nSPS) is 19.0. The highest BCUT2D eigenvalue weighted by atomic mass is 16.6. The first-order valence-corrected chi connectivity index (χ1v) is 29.7. The summed E-state index contributed by atoms with van der Waals surface area (Å²) in [6, 6.07) is 69.4. The van der Waals surface area contributed by atoms with Gasteiger partial charge in [0, 0.05) is 107 Å². The van der Waals surface area contributed by atoms with Gasteiger partial charge in [-0.1, -0.05) is 182 Å². The van der Waals surface area contributed by atoms with Crippen LogP contribution in [0.1, 0.15) is 55.8 Å². The molecule has 0 aromatic heterocycles. The van der Waals surface area contributed by atoms with Crippen molar-refractivity contribution in [2.75, 3.05) is 91.8 Å². The third-order valence-electron chi connectivity index (χ3n) is 17.1. The van der Waals surface area contributed by atoms with Gasteiger partial charge in [-0.05, 0) is 84.8 Å². The van der Waals surface area contributed by atoms with E-state index in [-0.39, 0.29) is 25.0 Å². The van der Waals surface area contributed by atoms with Crippen molar-refractivity contribution in [3.63, 3.8) is 0 Å². The quantitative estimate of drug-likeness (QED) is 0.0879. The minimum Gasteiger partial charge on any atom is -0.484 e. The number of hydrogen-bond acceptors (Lipinski definition) is 10. The second-order valence-electron chi connectivity index (χ2n) is 22.2. The summed E-state index contributed by atoms with van der Waals surface area (Å²) in [5, 5.41) is 22.2. The molecule has 4 N–H and O–H groups in total. The Morgan fingerprint density at radius 1 is 0.369 bits per heavy atom. The molecule has 1 saturated heterocycles. The lowest BCUT2D eigenvalue weighted by atomic mass is 9.85. The van der Waals surface area contributed by atoms with Crippen LogP contribution in [-0.2, 0) is 11.2 Å². The van der Waals surface area contributed by atoms with Crippen LogP contribution in [0, 0.1) is 0 Å². The molecule has 13 rings (SSSR count). The van der Waals surface area contributed by atoms with Crippen molar-refractivity contribution in [3.8, 4) is 23.0 Å². The molecule has 1 fully saturated rings. The summed E-state index contributed by atoms with van der Waals surface area (Å²) in [4.78, 5) is 32.2. The molecule has 0 radical (unpaired) electrons. The number of nitrogens with zero attached hydrogens (tertiary/aromatic N) is 2. The van der Waals surface area contributed by atoms with Gasteiger partial charge in [0.2, 0.25) is 0 Å². The van der Waals surface area contributed by atoms with E-state index in [0.29, 0.717) is 24.2 Å². The fourth-order valence-corrected chi connectivity index (χ4v) is 12.6. The molecular formula is C72H70N6O6. The van der Waals surface area contributed by atoms with Crippen LogP contribution in [0.15, 0.2) is 206 Å². The van der Waals surface area contributed by atoms with Crippen LogP contribution in [-0.4, -0.2) is 113 Å². The van der Waals surface area contributed by atoms with Crippen molar-refractivity contribution in [2.45, 2.75) is 24.0 Å². The molecule has 0 spiro atoms. The van der Waals surface area contributed by atoms with Gasteiger partial charge in [-0.2, -0.15) is 0 Å². The molecular weight excluding hydrogens is 1040 g/mol. The molecule has 0 aliphatic carbocycles. The molecule has 84 heavy (non-hydrogen) atoms. The van der Waals surface area contributed by atoms with E-state index in [2.05, 4.69) is 128 Å². The Labute approximate surface area is 490 Å². The lowest BCUT2D eigenvalue weighted by Crippen LogP contribution is -2.43. The Hall–Kier alpha value is -8.78. The number of fused-ring (bicyclic) bond motifs is 12. The zero-order valence-corrected chi connectivity index (χ0v) is 47.3. The Bertz CT molecular complexity index is 3680. The van der Waals surface area contributed by atoms with Crippen LogP contribution in [0.2, 0.25) is 0 Å². The molecule has 12 heteroatoms. The highest BCUT2D eigenvalue weighted by molar-refractivity contribution is 6.15. The zero-order valence-electron chi connectivity index (χ0n) is 47.3. The molecule has 3 aliphatic heterocycles. The average Bonchev–Trinajstić information content (AvgIpc) is 2.53. The van der Waals surface area contributed by atoms with E-state index in [9.17, 15) is 9.59 Å². The number of ether oxygens (including phenoxy) is 4. The number of amides is 2. The van der Waals surface area contributed by atoms with Crippen molar-refractivity contribution in [3.05, 3.63) is 240 Å². The lowest BCUT2D eigenvalue weighted by molar-refractivity contribution is 0.0235. The van der Waals surface area contributed by atoms with Gasteiger partial charge in [-0.25, -0.2) is 0 Å². The zero-order chi connectivity index (χ0) is 56.7. The molecule has 2 atom stereocenters. The second-order valence-corrected chi connectivity index (χ2v) is 22.2. The smallest absolute Gasteiger partial charge is 0.251 e. The Morgan fingerprint density at radius 2 is 0.690 bits per heavy atom. The summed E-state index contributed by atoms with van der Waals surface area (Å²) in [5.74, 6) is 2.73. The summed E-state index contributed by atoms with van der Waals surface area (Å²) in [6.07, 6.45) is 1.98. The standard InChI is InChI=1S/C72H70N6O6/c79-69(51-29-33-55(34-30-51)71(53-17-3-1-4-18-53)49-81-65-61-25-11-7-21-57(61)59-23-9-13-27-63(59)67(65)83-71)75-41-47-77-43-15-37-74-40-46-78(44-16-38-73-39-45-77)48-42-76-70(80)52-31-35-56(36-32-52)72(54-19-5-2-6-20-54)50-82-66-62-26-12-8-22-58(62)60-24-10-14-28-64(60)68(66)84-72/h1-14,17-36,73-74H,15-16,37-50H2,(H,75,79)(H,76,80). The Morgan fingerprint density at radius 3 is 1.06 bits per heavy atom. The van der Waals surface area contributed by atoms with E-state index in [4.69, 9.17) is 18.9 Å². The molecule has 3 aliphatic rings. The molecule has 0 saturated carbocycles. The molecule has 424 valence electrons. The maximum atomic E-state index is 13.7. The van der Waals surface area contributed by atoms with Gasteiger partial charge in [0.1, 0.15) is 13.2 Å². The monoisotopic (exact) mass is 1110 g/mol. The summed E-state index contributed by atoms with van der Waals surface area (Å²) < 4.78 is 28.0. The highest BCUT2D eigenvalue weighted by Gasteiger charge is 2.45. The van der Waals surface area contributed by atoms with E-state index >= 15 is 0 Å². The van der Waals surface area contributed by atoms with Crippen molar-refractivity contribution >= 4 is 54.9 Å². The fourth-order valence-electron chi connectivity index (χ4n) is 12.6. The second kappa shape index (κ2) is 24.6. The molecule has 12 nitrogen and oxygen atoms in total. The minimum atomic E-state index is -0.939. The van der Waals surface area contributed by atoms with Crippen LogP contribution in [0.25, 0.3) is 43.1 Å². The number of rotatable bonds is 12. The maximum Gasteiger partial charge on any atom is 0.251 e. The Balaban J connectivity index is 0.583. The number of carbonyl (C=O) groups is 2. The summed E-state index contributed by atoms with van der Waals surface area (Å²) >= 11 is 0.